The Morgan fingerprint density at radius 1 is 1.19 bits per heavy atom. The van der Waals surface area contributed by atoms with E-state index in [4.69, 9.17) is 41.9 Å². The Kier molecular flexibility index (Phi) is 7.47. The van der Waals surface area contributed by atoms with E-state index in [0.29, 0.717) is 38.2 Å². The number of pyridine rings is 1. The molecular weight excluding hydrogens is 469 g/mol. The Balaban J connectivity index is 1.74. The fourth-order valence-electron chi connectivity index (χ4n) is 2.53. The van der Waals surface area contributed by atoms with Crippen molar-refractivity contribution in [3.8, 4) is 11.6 Å². The standard InChI is InChI=1S/C19H21Cl2N3O6S/c1-11(2)29-19-16(21)7-13(9-22-19)28-10-12-6-17-14(8-15(12)20)18(23-30-17)24-31(25,26)5-4-27-3/h6-9,11H,4-5,10H2,1-3H3,(H,23,24). The molecule has 0 aliphatic carbocycles. The van der Waals surface area contributed by atoms with Crippen LogP contribution in [0.25, 0.3) is 11.0 Å². The molecule has 0 amide bonds. The van der Waals surface area contributed by atoms with Gasteiger partial charge in [-0.2, -0.15) is 0 Å². The second-order valence-electron chi connectivity index (χ2n) is 6.80. The lowest BCUT2D eigenvalue weighted by Gasteiger charge is -2.12. The maximum Gasteiger partial charge on any atom is 0.236 e. The molecule has 0 radical (unpaired) electrons. The molecule has 1 N–H and O–H groups in total. The van der Waals surface area contributed by atoms with Crippen LogP contribution in [0, 0.1) is 0 Å². The molecule has 9 nitrogen and oxygen atoms in total. The zero-order valence-corrected chi connectivity index (χ0v) is 19.3. The molecule has 2 aromatic heterocycles. The number of fused-ring (bicyclic) bond motifs is 1. The van der Waals surface area contributed by atoms with Crippen molar-refractivity contribution < 1.29 is 27.2 Å². The SMILES string of the molecule is COCCS(=O)(=O)Nc1noc2cc(COc3cnc(OC(C)C)c(Cl)c3)c(Cl)cc12. The molecule has 0 spiro atoms. The summed E-state index contributed by atoms with van der Waals surface area (Å²) in [6.07, 6.45) is 1.44. The number of rotatable bonds is 10. The number of hydrogen-bond donors (Lipinski definition) is 1. The van der Waals surface area contributed by atoms with Gasteiger partial charge in [0.1, 0.15) is 17.4 Å². The Hall–Kier alpha value is -2.27. The molecule has 0 saturated carbocycles. The number of ether oxygens (including phenoxy) is 3. The summed E-state index contributed by atoms with van der Waals surface area (Å²) in [6.45, 7) is 3.91. The predicted octanol–water partition coefficient (Wildman–Crippen LogP) is 4.28. The minimum Gasteiger partial charge on any atom is -0.487 e. The summed E-state index contributed by atoms with van der Waals surface area (Å²) >= 11 is 12.5. The molecule has 0 unspecified atom stereocenters. The van der Waals surface area contributed by atoms with E-state index in [-0.39, 0.29) is 30.9 Å². The second-order valence-corrected chi connectivity index (χ2v) is 9.45. The van der Waals surface area contributed by atoms with Crippen LogP contribution in [0.2, 0.25) is 10.0 Å². The third kappa shape index (κ3) is 6.13. The summed E-state index contributed by atoms with van der Waals surface area (Å²) in [5.41, 5.74) is 0.960. The van der Waals surface area contributed by atoms with Crippen molar-refractivity contribution in [3.63, 3.8) is 0 Å². The van der Waals surface area contributed by atoms with Gasteiger partial charge in [0.15, 0.2) is 11.4 Å². The Bertz CT molecular complexity index is 1170. The van der Waals surface area contributed by atoms with Crippen LogP contribution >= 0.6 is 23.2 Å². The van der Waals surface area contributed by atoms with Crippen LogP contribution in [0.5, 0.6) is 11.6 Å². The lowest BCUT2D eigenvalue weighted by molar-refractivity contribution is 0.217. The molecule has 0 aliphatic heterocycles. The van der Waals surface area contributed by atoms with Crippen molar-refractivity contribution in [3.05, 3.63) is 40.0 Å². The quantitative estimate of drug-likeness (QED) is 0.448. The molecule has 1 aromatic carbocycles. The third-order valence-corrected chi connectivity index (χ3v) is 5.80. The maximum atomic E-state index is 12.1. The fraction of sp³-hybridized carbons (Fsp3) is 0.368. The van der Waals surface area contributed by atoms with Crippen LogP contribution in [-0.4, -0.2) is 44.1 Å². The average Bonchev–Trinajstić information content (AvgIpc) is 3.07. The van der Waals surface area contributed by atoms with E-state index in [1.165, 1.54) is 13.3 Å². The van der Waals surface area contributed by atoms with Crippen molar-refractivity contribution in [2.75, 3.05) is 24.2 Å². The van der Waals surface area contributed by atoms with Gasteiger partial charge in [0.2, 0.25) is 15.9 Å². The largest absolute Gasteiger partial charge is 0.487 e. The first-order valence-electron chi connectivity index (χ1n) is 9.20. The summed E-state index contributed by atoms with van der Waals surface area (Å²) in [7, 11) is -2.22. The highest BCUT2D eigenvalue weighted by Gasteiger charge is 2.18. The van der Waals surface area contributed by atoms with Gasteiger partial charge < -0.3 is 18.7 Å². The third-order valence-electron chi connectivity index (χ3n) is 3.97. The van der Waals surface area contributed by atoms with Gasteiger partial charge >= 0.3 is 0 Å². The average molecular weight is 490 g/mol. The zero-order chi connectivity index (χ0) is 22.6. The van der Waals surface area contributed by atoms with Gasteiger partial charge in [-0.05, 0) is 26.0 Å². The number of aromatic nitrogens is 2. The maximum absolute atomic E-state index is 12.1. The van der Waals surface area contributed by atoms with Crippen LogP contribution in [0.15, 0.2) is 28.9 Å². The molecule has 12 heteroatoms. The highest BCUT2D eigenvalue weighted by atomic mass is 35.5. The highest BCUT2D eigenvalue weighted by Crippen LogP contribution is 2.31. The number of methoxy groups -OCH3 is 1. The van der Waals surface area contributed by atoms with Gasteiger partial charge in [-0.15, -0.1) is 0 Å². The number of halogens is 2. The van der Waals surface area contributed by atoms with E-state index in [9.17, 15) is 8.42 Å². The summed E-state index contributed by atoms with van der Waals surface area (Å²) < 4.78 is 47.8. The topological polar surface area (TPSA) is 113 Å². The van der Waals surface area contributed by atoms with E-state index in [2.05, 4.69) is 14.9 Å². The van der Waals surface area contributed by atoms with Crippen LogP contribution in [0.4, 0.5) is 5.82 Å². The first kappa shape index (κ1) is 23.4. The van der Waals surface area contributed by atoms with E-state index < -0.39 is 10.0 Å². The van der Waals surface area contributed by atoms with Crippen LogP contribution in [0.1, 0.15) is 19.4 Å². The first-order valence-corrected chi connectivity index (χ1v) is 11.6. The van der Waals surface area contributed by atoms with E-state index in [1.807, 2.05) is 13.8 Å². The minimum absolute atomic E-state index is 0.0524. The molecular formula is C19H21Cl2N3O6S. The van der Waals surface area contributed by atoms with E-state index in [0.717, 1.165) is 0 Å². The number of nitrogens with zero attached hydrogens (tertiary/aromatic N) is 2. The van der Waals surface area contributed by atoms with Crippen molar-refractivity contribution >= 4 is 50.0 Å². The van der Waals surface area contributed by atoms with E-state index in [1.54, 1.807) is 18.2 Å². The lowest BCUT2D eigenvalue weighted by Crippen LogP contribution is -2.19. The number of hydrogen-bond acceptors (Lipinski definition) is 8. The van der Waals surface area contributed by atoms with Crippen molar-refractivity contribution in [1.29, 1.82) is 0 Å². The predicted molar refractivity (Wildman–Crippen MR) is 118 cm³/mol. The van der Waals surface area contributed by atoms with Crippen LogP contribution < -0.4 is 14.2 Å². The van der Waals surface area contributed by atoms with Gasteiger partial charge in [0, 0.05) is 23.8 Å². The second kappa shape index (κ2) is 9.90. The molecule has 3 aromatic rings. The molecule has 0 saturated heterocycles. The number of anilines is 1. The lowest BCUT2D eigenvalue weighted by atomic mass is 10.2. The molecule has 2 heterocycles. The smallest absolute Gasteiger partial charge is 0.236 e. The number of nitrogens with one attached hydrogen (secondary N) is 1. The van der Waals surface area contributed by atoms with Gasteiger partial charge in [-0.3, -0.25) is 4.72 Å². The molecule has 0 bridgehead atoms. The fourth-order valence-corrected chi connectivity index (χ4v) is 3.88. The molecule has 0 fully saturated rings. The monoisotopic (exact) mass is 489 g/mol. The summed E-state index contributed by atoms with van der Waals surface area (Å²) in [5, 5.41) is 4.89. The Morgan fingerprint density at radius 3 is 2.65 bits per heavy atom. The van der Waals surface area contributed by atoms with Gasteiger partial charge in [-0.1, -0.05) is 28.4 Å². The Morgan fingerprint density at radius 2 is 1.97 bits per heavy atom. The molecule has 0 atom stereocenters. The van der Waals surface area contributed by atoms with Crippen molar-refractivity contribution in [1.82, 2.24) is 10.1 Å². The minimum atomic E-state index is -3.64. The molecule has 168 valence electrons. The molecule has 31 heavy (non-hydrogen) atoms. The normalized spacial score (nSPS) is 11.8. The summed E-state index contributed by atoms with van der Waals surface area (Å²) in [5.74, 6) is 0.596. The van der Waals surface area contributed by atoms with Gasteiger partial charge in [-0.25, -0.2) is 13.4 Å². The van der Waals surface area contributed by atoms with Gasteiger partial charge in [0.25, 0.3) is 0 Å². The number of sulfonamides is 1. The van der Waals surface area contributed by atoms with Crippen LogP contribution in [-0.2, 0) is 21.4 Å². The molecule has 3 rings (SSSR count). The first-order chi connectivity index (χ1) is 14.7. The van der Waals surface area contributed by atoms with Crippen LogP contribution in [0.3, 0.4) is 0 Å². The van der Waals surface area contributed by atoms with Gasteiger partial charge in [0.05, 0.1) is 30.0 Å². The summed E-state index contributed by atoms with van der Waals surface area (Å²) in [6, 6.07) is 4.79. The van der Waals surface area contributed by atoms with E-state index >= 15 is 0 Å². The summed E-state index contributed by atoms with van der Waals surface area (Å²) in [4.78, 5) is 4.15. The Labute approximate surface area is 189 Å². The highest BCUT2D eigenvalue weighted by molar-refractivity contribution is 7.92. The van der Waals surface area contributed by atoms with Crippen molar-refractivity contribution in [2.24, 2.45) is 0 Å². The van der Waals surface area contributed by atoms with Crippen molar-refractivity contribution in [2.45, 2.75) is 26.6 Å². The zero-order valence-electron chi connectivity index (χ0n) is 17.0. The molecule has 0 aliphatic rings. The number of benzene rings is 1.